The van der Waals surface area contributed by atoms with Crippen LogP contribution in [0.25, 0.3) is 10.9 Å². The molecule has 1 aromatic heterocycles. The molecular weight excluding hydrogens is 528 g/mol. The molecule has 182 valence electrons. The molecule has 0 spiro atoms. The van der Waals surface area contributed by atoms with Gasteiger partial charge in [-0.25, -0.2) is 0 Å². The third-order valence-corrected chi connectivity index (χ3v) is 5.81. The van der Waals surface area contributed by atoms with Gasteiger partial charge in [0.05, 0.1) is 0 Å². The molecule has 1 aromatic carbocycles. The Labute approximate surface area is 238 Å². The second-order valence-electron chi connectivity index (χ2n) is 11.9. The van der Waals surface area contributed by atoms with Gasteiger partial charge in [0.2, 0.25) is 0 Å². The smallest absolute Gasteiger partial charge is 0.0487 e. The first-order chi connectivity index (χ1) is 14.1. The summed E-state index contributed by atoms with van der Waals surface area (Å²) in [7, 11) is 0. The zero-order valence-electron chi connectivity index (χ0n) is 22.9. The molecule has 1 unspecified atom stereocenters. The quantitative estimate of drug-likeness (QED) is 0.216. The number of aromatic nitrogens is 1. The first-order valence-electron chi connectivity index (χ1n) is 11.5. The standard InChI is InChI=1S/C24H32N2.C5H12.CH3.Ce/c1-7-23(4,5)15-22-18(3)20-14-19(25)8-9-21(20)26(22)16-24(6)12-10-17(2)11-13-24;1-5(2,3)4;;/h7-12,14H,1,13,15-16,25H2,2-6H3;1-4H3;1H3;/q;;-1;. The Hall–Kier alpha value is -0.843. The van der Waals surface area contributed by atoms with Crippen LogP contribution in [0.15, 0.2) is 54.7 Å². The predicted molar refractivity (Wildman–Crippen MR) is 146 cm³/mol. The third-order valence-electron chi connectivity index (χ3n) is 5.81. The summed E-state index contributed by atoms with van der Waals surface area (Å²) in [5.41, 5.74) is 13.0. The van der Waals surface area contributed by atoms with Crippen molar-refractivity contribution in [2.75, 3.05) is 5.73 Å². The fourth-order valence-electron chi connectivity index (χ4n) is 3.85. The van der Waals surface area contributed by atoms with Crippen molar-refractivity contribution in [3.05, 3.63) is 73.3 Å². The van der Waals surface area contributed by atoms with Crippen molar-refractivity contribution in [1.29, 1.82) is 0 Å². The fraction of sp³-hybridized carbons (Fsp3) is 0.500. The van der Waals surface area contributed by atoms with Gasteiger partial charge >= 0.3 is 0 Å². The van der Waals surface area contributed by atoms with Crippen LogP contribution in [-0.4, -0.2) is 4.57 Å². The van der Waals surface area contributed by atoms with E-state index in [4.69, 9.17) is 5.73 Å². The largest absolute Gasteiger partial charge is 0.399 e. The van der Waals surface area contributed by atoms with E-state index in [1.165, 1.54) is 27.7 Å². The number of rotatable bonds is 5. The van der Waals surface area contributed by atoms with Crippen molar-refractivity contribution < 1.29 is 41.7 Å². The van der Waals surface area contributed by atoms with E-state index in [1.807, 2.05) is 6.07 Å². The van der Waals surface area contributed by atoms with E-state index in [-0.39, 0.29) is 60.0 Å². The molecule has 2 aromatic rings. The second-order valence-corrected chi connectivity index (χ2v) is 11.9. The number of hydrogen-bond acceptors (Lipinski definition) is 1. The first kappa shape index (κ1) is 32.2. The Morgan fingerprint density at radius 1 is 1.12 bits per heavy atom. The van der Waals surface area contributed by atoms with Gasteiger partial charge in [0, 0.05) is 76.0 Å². The molecular formula is C30H47CeN2-. The number of nitrogen functional groups attached to an aromatic ring is 1. The molecule has 1 atom stereocenters. The Kier molecular flexibility index (Phi) is 11.9. The predicted octanol–water partition coefficient (Wildman–Crippen LogP) is 8.70. The minimum Gasteiger partial charge on any atom is -0.399 e. The summed E-state index contributed by atoms with van der Waals surface area (Å²) in [6, 6.07) is 6.32. The van der Waals surface area contributed by atoms with Crippen LogP contribution in [0.5, 0.6) is 0 Å². The molecule has 1 aliphatic rings. The van der Waals surface area contributed by atoms with Gasteiger partial charge in [-0.1, -0.05) is 78.3 Å². The van der Waals surface area contributed by atoms with Crippen LogP contribution in [0.1, 0.15) is 73.1 Å². The van der Waals surface area contributed by atoms with Crippen molar-refractivity contribution in [3.63, 3.8) is 0 Å². The Morgan fingerprint density at radius 3 is 2.18 bits per heavy atom. The maximum absolute atomic E-state index is 6.09. The molecule has 0 saturated heterocycles. The van der Waals surface area contributed by atoms with Crippen LogP contribution >= 0.6 is 0 Å². The molecule has 1 heterocycles. The van der Waals surface area contributed by atoms with Crippen molar-refractivity contribution in [2.24, 2.45) is 16.2 Å². The van der Waals surface area contributed by atoms with E-state index < -0.39 is 0 Å². The number of allylic oxidation sites excluding steroid dienone is 5. The van der Waals surface area contributed by atoms with Gasteiger partial charge in [0.1, 0.15) is 0 Å². The maximum atomic E-state index is 6.09. The Morgan fingerprint density at radius 2 is 1.70 bits per heavy atom. The van der Waals surface area contributed by atoms with Crippen molar-refractivity contribution in [3.8, 4) is 0 Å². The van der Waals surface area contributed by atoms with E-state index in [2.05, 4.69) is 110 Å². The SMILES string of the molecule is C=CC(C)(C)Cc1c(C)c2cc(N)ccc2n1CC1(C)C=CC(C)=CC1.CC(C)(C)C.[CH3-].[Ce]. The summed E-state index contributed by atoms with van der Waals surface area (Å²) in [5.74, 6) is 0. The molecule has 0 saturated carbocycles. The molecule has 2 N–H and O–H groups in total. The van der Waals surface area contributed by atoms with Crippen LogP contribution in [0, 0.1) is 72.3 Å². The molecule has 3 rings (SSSR count). The number of benzene rings is 1. The van der Waals surface area contributed by atoms with Gasteiger partial charge in [-0.2, -0.15) is 0 Å². The summed E-state index contributed by atoms with van der Waals surface area (Å²) in [6.45, 7) is 25.0. The monoisotopic (exact) mass is 575 g/mol. The first-order valence-corrected chi connectivity index (χ1v) is 11.5. The summed E-state index contributed by atoms with van der Waals surface area (Å²) >= 11 is 0. The molecule has 0 radical (unpaired) electrons. The third kappa shape index (κ3) is 9.37. The normalized spacial score (nSPS) is 17.9. The van der Waals surface area contributed by atoms with E-state index in [0.717, 1.165) is 25.1 Å². The molecule has 0 fully saturated rings. The number of nitrogens with zero attached hydrogens (tertiary/aromatic N) is 1. The van der Waals surface area contributed by atoms with E-state index >= 15 is 0 Å². The number of anilines is 1. The minimum atomic E-state index is 0. The van der Waals surface area contributed by atoms with Crippen LogP contribution in [-0.2, 0) is 13.0 Å². The number of aryl methyl sites for hydroxylation is 1. The van der Waals surface area contributed by atoms with E-state index in [1.54, 1.807) is 0 Å². The average molecular weight is 576 g/mol. The molecule has 3 heteroatoms. The summed E-state index contributed by atoms with van der Waals surface area (Å²) in [5, 5.41) is 1.27. The second kappa shape index (κ2) is 12.2. The Balaban J connectivity index is 0.00000133. The topological polar surface area (TPSA) is 30.9 Å². The van der Waals surface area contributed by atoms with Gasteiger partial charge < -0.3 is 17.7 Å². The van der Waals surface area contributed by atoms with Crippen molar-refractivity contribution in [2.45, 2.75) is 81.7 Å². The van der Waals surface area contributed by atoms with Gasteiger partial charge in [-0.05, 0) is 61.3 Å². The van der Waals surface area contributed by atoms with Gasteiger partial charge in [0.25, 0.3) is 0 Å². The van der Waals surface area contributed by atoms with E-state index in [0.29, 0.717) is 5.41 Å². The van der Waals surface area contributed by atoms with Crippen LogP contribution in [0.3, 0.4) is 0 Å². The summed E-state index contributed by atoms with van der Waals surface area (Å²) < 4.78 is 2.52. The van der Waals surface area contributed by atoms with Gasteiger partial charge in [-0.3, -0.25) is 0 Å². The number of fused-ring (bicyclic) bond motifs is 1. The van der Waals surface area contributed by atoms with Crippen LogP contribution < -0.4 is 5.73 Å². The molecule has 0 aliphatic heterocycles. The number of nitrogens with two attached hydrogens (primary N) is 1. The molecule has 2 nitrogen and oxygen atoms in total. The molecule has 1 aliphatic carbocycles. The zero-order chi connectivity index (χ0) is 23.6. The van der Waals surface area contributed by atoms with Crippen LogP contribution in [0.4, 0.5) is 5.69 Å². The van der Waals surface area contributed by atoms with E-state index in [9.17, 15) is 0 Å². The molecule has 33 heavy (non-hydrogen) atoms. The molecule has 0 amide bonds. The average Bonchev–Trinajstić information content (AvgIpc) is 2.88. The minimum absolute atomic E-state index is 0. The molecule has 0 bridgehead atoms. The van der Waals surface area contributed by atoms with Crippen LogP contribution in [0.2, 0.25) is 0 Å². The zero-order valence-corrected chi connectivity index (χ0v) is 26.0. The van der Waals surface area contributed by atoms with Gasteiger partial charge in [0.15, 0.2) is 0 Å². The van der Waals surface area contributed by atoms with Crippen molar-refractivity contribution >= 4 is 16.6 Å². The Bertz CT molecular complexity index is 992. The van der Waals surface area contributed by atoms with Gasteiger partial charge in [-0.15, -0.1) is 6.58 Å². The summed E-state index contributed by atoms with van der Waals surface area (Å²) in [6.07, 6.45) is 11.1. The summed E-state index contributed by atoms with van der Waals surface area (Å²) in [4.78, 5) is 0. The fourth-order valence-corrected chi connectivity index (χ4v) is 3.85. The number of hydrogen-bond donors (Lipinski definition) is 1. The maximum Gasteiger partial charge on any atom is 0.0487 e. The van der Waals surface area contributed by atoms with Crippen molar-refractivity contribution in [1.82, 2.24) is 4.57 Å².